The molecule has 6 heavy (non-hydrogen) atoms. The molecule has 3 heteroatoms. The Balaban J connectivity index is 3.45. The first-order valence-electron chi connectivity index (χ1n) is 1.37. The lowest BCUT2D eigenvalue weighted by Crippen LogP contribution is -1.92. The quantitative estimate of drug-likeness (QED) is 0.274. The van der Waals surface area contributed by atoms with E-state index in [1.165, 1.54) is 6.08 Å². The van der Waals surface area contributed by atoms with Gasteiger partial charge in [-0.25, -0.2) is 0 Å². The molecule has 0 heterocycles. The average molecular weight is 138 g/mol. The van der Waals surface area contributed by atoms with Gasteiger partial charge in [-0.05, 0) is 0 Å². The molecule has 0 aliphatic rings. The van der Waals surface area contributed by atoms with E-state index in [0.29, 0.717) is 0 Å². The Morgan fingerprint density at radius 1 is 1.33 bits per heavy atom. The van der Waals surface area contributed by atoms with Gasteiger partial charge < -0.3 is 0 Å². The summed E-state index contributed by atoms with van der Waals surface area (Å²) in [5, 5.41) is 0. The van der Waals surface area contributed by atoms with Crippen molar-refractivity contribution in [1.82, 2.24) is 0 Å². The molecule has 0 saturated carbocycles. The third-order valence-corrected chi connectivity index (χ3v) is 0.822. The Hall–Kier alpha value is 0.790. The fraction of sp³-hybridized carbons (Fsp3) is 0.333. The second-order valence-electron chi connectivity index (χ2n) is 0.891. The summed E-state index contributed by atoms with van der Waals surface area (Å²) in [5.41, 5.74) is 0. The molecule has 0 atom stereocenters. The van der Waals surface area contributed by atoms with Crippen molar-refractivity contribution in [2.45, 2.75) is 3.41 Å². The van der Waals surface area contributed by atoms with Gasteiger partial charge in [-0.1, -0.05) is 6.08 Å². The number of hydrogen-bond acceptors (Lipinski definition) is 3. The van der Waals surface area contributed by atoms with E-state index in [1.807, 2.05) is 0 Å². The van der Waals surface area contributed by atoms with Crippen LogP contribution in [0.4, 0.5) is 0 Å². The fourth-order valence-corrected chi connectivity index (χ4v) is 0. The van der Waals surface area contributed by atoms with Crippen molar-refractivity contribution in [3.63, 3.8) is 0 Å². The zero-order valence-electron chi connectivity index (χ0n) is 3.13. The van der Waals surface area contributed by atoms with Crippen LogP contribution in [-0.4, -0.2) is 3.41 Å². The van der Waals surface area contributed by atoms with E-state index in [4.69, 9.17) is 0 Å². The molecule has 0 spiro atoms. The van der Waals surface area contributed by atoms with Crippen molar-refractivity contribution in [2.24, 2.45) is 0 Å². The Morgan fingerprint density at radius 3 is 1.50 bits per heavy atom. The van der Waals surface area contributed by atoms with Gasteiger partial charge in [-0.15, -0.1) is 44.5 Å². The largest absolute Gasteiger partial charge is 0.147 e. The maximum absolute atomic E-state index is 3.86. The normalized spacial score (nSPS) is 11.2. The SMILES string of the molecule is C=CC(S)(S)S. The predicted molar refractivity (Wildman–Crippen MR) is 39.9 cm³/mol. The smallest absolute Gasteiger partial charge is 0.116 e. The van der Waals surface area contributed by atoms with E-state index in [9.17, 15) is 0 Å². The van der Waals surface area contributed by atoms with Crippen LogP contribution in [0.5, 0.6) is 0 Å². The average Bonchev–Trinajstić information content (AvgIpc) is 1.35. The molecule has 0 fully saturated rings. The zero-order valence-corrected chi connectivity index (χ0v) is 5.81. The number of rotatable bonds is 1. The third kappa shape index (κ3) is 4.79. The van der Waals surface area contributed by atoms with Gasteiger partial charge in [0.1, 0.15) is 3.41 Å². The van der Waals surface area contributed by atoms with Crippen molar-refractivity contribution < 1.29 is 0 Å². The summed E-state index contributed by atoms with van der Waals surface area (Å²) < 4.78 is -0.611. The molecule has 0 unspecified atom stereocenters. The van der Waals surface area contributed by atoms with Crippen molar-refractivity contribution in [3.05, 3.63) is 12.7 Å². The number of hydrogen-bond donors (Lipinski definition) is 3. The third-order valence-electron chi connectivity index (χ3n) is 0.274. The van der Waals surface area contributed by atoms with Crippen LogP contribution in [0.15, 0.2) is 12.7 Å². The van der Waals surface area contributed by atoms with Gasteiger partial charge in [0.05, 0.1) is 0 Å². The zero-order chi connectivity index (χ0) is 5.21. The highest BCUT2D eigenvalue weighted by atomic mass is 32.2. The summed E-state index contributed by atoms with van der Waals surface area (Å²) in [7, 11) is 0. The second-order valence-corrected chi connectivity index (χ2v) is 4.07. The summed E-state index contributed by atoms with van der Waals surface area (Å²) in [4.78, 5) is 0. The maximum atomic E-state index is 3.86. The van der Waals surface area contributed by atoms with Crippen LogP contribution in [-0.2, 0) is 0 Å². The first kappa shape index (κ1) is 6.79. The maximum Gasteiger partial charge on any atom is 0.116 e. The van der Waals surface area contributed by atoms with Crippen molar-refractivity contribution in [2.75, 3.05) is 0 Å². The highest BCUT2D eigenvalue weighted by Gasteiger charge is 2.03. The summed E-state index contributed by atoms with van der Waals surface area (Å²) in [6.45, 7) is 3.40. The molecule has 0 aromatic heterocycles. The van der Waals surface area contributed by atoms with E-state index in [2.05, 4.69) is 44.5 Å². The Labute approximate surface area is 54.2 Å². The Bertz CT molecular complexity index is 51.5. The van der Waals surface area contributed by atoms with Gasteiger partial charge in [0.2, 0.25) is 0 Å². The number of thiol groups is 3. The van der Waals surface area contributed by atoms with Crippen LogP contribution in [0.25, 0.3) is 0 Å². The van der Waals surface area contributed by atoms with Crippen LogP contribution in [0.2, 0.25) is 0 Å². The van der Waals surface area contributed by atoms with Crippen LogP contribution in [0.3, 0.4) is 0 Å². The van der Waals surface area contributed by atoms with E-state index < -0.39 is 3.41 Å². The molecule has 0 bridgehead atoms. The molecule has 0 aromatic carbocycles. The molecule has 0 rings (SSSR count). The van der Waals surface area contributed by atoms with Crippen molar-refractivity contribution in [3.8, 4) is 0 Å². The van der Waals surface area contributed by atoms with Gasteiger partial charge in [0.15, 0.2) is 0 Å². The topological polar surface area (TPSA) is 0 Å². The minimum atomic E-state index is -0.611. The standard InChI is InChI=1S/C3H6S3/c1-2-3(4,5)6/h2,4-6H,1H2. The molecule has 0 amide bonds. The highest BCUT2D eigenvalue weighted by molar-refractivity contribution is 8.17. The van der Waals surface area contributed by atoms with E-state index >= 15 is 0 Å². The van der Waals surface area contributed by atoms with Gasteiger partial charge in [0, 0.05) is 0 Å². The molecule has 36 valence electrons. The van der Waals surface area contributed by atoms with Gasteiger partial charge in [0.25, 0.3) is 0 Å². The molecule has 0 saturated heterocycles. The molecule has 0 aliphatic carbocycles. The van der Waals surface area contributed by atoms with E-state index in [0.717, 1.165) is 0 Å². The second kappa shape index (κ2) is 2.19. The highest BCUT2D eigenvalue weighted by Crippen LogP contribution is 2.23. The summed E-state index contributed by atoms with van der Waals surface area (Å²) >= 11 is 11.6. The fourth-order valence-electron chi connectivity index (χ4n) is 0. The minimum absolute atomic E-state index is 0.611. The van der Waals surface area contributed by atoms with Crippen LogP contribution in [0.1, 0.15) is 0 Å². The molecule has 0 aromatic rings. The summed E-state index contributed by atoms with van der Waals surface area (Å²) in [6.07, 6.45) is 1.53. The molecular weight excluding hydrogens is 132 g/mol. The van der Waals surface area contributed by atoms with E-state index in [-0.39, 0.29) is 0 Å². The van der Waals surface area contributed by atoms with Crippen molar-refractivity contribution in [1.29, 1.82) is 0 Å². The Kier molecular flexibility index (Phi) is 2.48. The van der Waals surface area contributed by atoms with Gasteiger partial charge in [-0.2, -0.15) is 0 Å². The predicted octanol–water partition coefficient (Wildman–Crippen LogP) is 1.62. The van der Waals surface area contributed by atoms with Gasteiger partial charge >= 0.3 is 0 Å². The minimum Gasteiger partial charge on any atom is -0.147 e. The van der Waals surface area contributed by atoms with Crippen LogP contribution >= 0.6 is 37.9 Å². The van der Waals surface area contributed by atoms with E-state index in [1.54, 1.807) is 0 Å². The monoisotopic (exact) mass is 138 g/mol. The lowest BCUT2D eigenvalue weighted by atomic mass is 10.7. The van der Waals surface area contributed by atoms with Crippen molar-refractivity contribution >= 4 is 37.9 Å². The summed E-state index contributed by atoms with van der Waals surface area (Å²) in [5.74, 6) is 0. The lowest BCUT2D eigenvalue weighted by Gasteiger charge is -2.04. The molecule has 0 radical (unpaired) electrons. The first-order chi connectivity index (χ1) is 2.56. The van der Waals surface area contributed by atoms with Crippen LogP contribution < -0.4 is 0 Å². The first-order valence-corrected chi connectivity index (χ1v) is 2.71. The molecule has 0 N–H and O–H groups in total. The Morgan fingerprint density at radius 2 is 1.50 bits per heavy atom. The lowest BCUT2D eigenvalue weighted by molar-refractivity contribution is 1.62. The molecular formula is C3H6S3. The molecule has 0 nitrogen and oxygen atoms in total. The van der Waals surface area contributed by atoms with Gasteiger partial charge in [-0.3, -0.25) is 0 Å². The van der Waals surface area contributed by atoms with Crippen LogP contribution in [0, 0.1) is 0 Å². The molecule has 0 aliphatic heterocycles. The summed E-state index contributed by atoms with van der Waals surface area (Å²) in [6, 6.07) is 0.